The standard InChI is InChI=1S/C6H6O2S.Ba.2H/c1-2-8-6-4-9-3-5(6)7-1;;;/h3-4H,1-2H2;;;. The molecular formula is C6H8BaO2S. The summed E-state index contributed by atoms with van der Waals surface area (Å²) in [5.74, 6) is 1.79. The Labute approximate surface area is 104 Å². The van der Waals surface area contributed by atoms with E-state index in [4.69, 9.17) is 9.47 Å². The molecule has 52 valence electrons. The van der Waals surface area contributed by atoms with Gasteiger partial charge in [-0.25, -0.2) is 0 Å². The Balaban J connectivity index is 0.000000500. The van der Waals surface area contributed by atoms with Crippen molar-refractivity contribution in [1.82, 2.24) is 0 Å². The number of thiophene rings is 1. The number of hydrogen-bond donors (Lipinski definition) is 0. The number of ether oxygens (including phenoxy) is 2. The number of fused-ring (bicyclic) bond motifs is 1. The minimum atomic E-state index is 0. The second-order valence-corrected chi connectivity index (χ2v) is 2.54. The van der Waals surface area contributed by atoms with E-state index in [1.54, 1.807) is 11.3 Å². The van der Waals surface area contributed by atoms with Crippen LogP contribution in [0.2, 0.25) is 0 Å². The average molecular weight is 282 g/mol. The summed E-state index contributed by atoms with van der Waals surface area (Å²) in [6.07, 6.45) is 0. The van der Waals surface area contributed by atoms with E-state index in [0.29, 0.717) is 13.2 Å². The molecule has 0 aromatic carbocycles. The smallest absolute Gasteiger partial charge is 0.172 e. The predicted molar refractivity (Wildman–Crippen MR) is 43.9 cm³/mol. The topological polar surface area (TPSA) is 18.5 Å². The van der Waals surface area contributed by atoms with E-state index in [-0.39, 0.29) is 48.9 Å². The molecule has 0 radical (unpaired) electrons. The SMILES string of the molecule is [BaH2].c1scc2c1OCCO2. The molecule has 1 aromatic heterocycles. The summed E-state index contributed by atoms with van der Waals surface area (Å²) in [6.45, 7) is 1.37. The molecule has 0 aliphatic carbocycles. The number of rotatable bonds is 0. The second-order valence-electron chi connectivity index (χ2n) is 1.80. The van der Waals surface area contributed by atoms with Gasteiger partial charge in [0, 0.05) is 10.8 Å². The van der Waals surface area contributed by atoms with Crippen LogP contribution in [-0.2, 0) is 0 Å². The van der Waals surface area contributed by atoms with Gasteiger partial charge in [-0.3, -0.25) is 0 Å². The molecule has 10 heavy (non-hydrogen) atoms. The van der Waals surface area contributed by atoms with Crippen LogP contribution in [0.25, 0.3) is 0 Å². The van der Waals surface area contributed by atoms with E-state index in [9.17, 15) is 0 Å². The first kappa shape index (κ1) is 8.96. The van der Waals surface area contributed by atoms with Crippen LogP contribution in [0.3, 0.4) is 0 Å². The molecule has 0 atom stereocenters. The summed E-state index contributed by atoms with van der Waals surface area (Å²) in [4.78, 5) is 0. The molecule has 1 aromatic rings. The molecule has 0 bridgehead atoms. The van der Waals surface area contributed by atoms with Gasteiger partial charge in [0.05, 0.1) is 0 Å². The molecule has 0 N–H and O–H groups in total. The minimum Gasteiger partial charge on any atom is -0.485 e. The van der Waals surface area contributed by atoms with Crippen LogP contribution >= 0.6 is 11.3 Å². The van der Waals surface area contributed by atoms with Gasteiger partial charge in [-0.1, -0.05) is 0 Å². The van der Waals surface area contributed by atoms with Gasteiger partial charge in [0.25, 0.3) is 0 Å². The molecule has 2 nitrogen and oxygen atoms in total. The summed E-state index contributed by atoms with van der Waals surface area (Å²) in [5.41, 5.74) is 0. The third-order valence-corrected chi connectivity index (χ3v) is 1.89. The van der Waals surface area contributed by atoms with Crippen molar-refractivity contribution in [2.45, 2.75) is 0 Å². The van der Waals surface area contributed by atoms with Crippen molar-refractivity contribution < 1.29 is 9.47 Å². The largest absolute Gasteiger partial charge is 0.485 e. The van der Waals surface area contributed by atoms with Gasteiger partial charge in [0.15, 0.2) is 11.5 Å². The van der Waals surface area contributed by atoms with Crippen molar-refractivity contribution in [3.8, 4) is 11.5 Å². The maximum atomic E-state index is 5.25. The first-order valence-electron chi connectivity index (χ1n) is 2.78. The Kier molecular flexibility index (Phi) is 3.62. The molecule has 1 aliphatic rings. The van der Waals surface area contributed by atoms with Crippen LogP contribution in [0.15, 0.2) is 10.8 Å². The zero-order valence-electron chi connectivity index (χ0n) is 4.79. The Hall–Kier alpha value is 0.871. The van der Waals surface area contributed by atoms with Crippen molar-refractivity contribution >= 4 is 60.2 Å². The van der Waals surface area contributed by atoms with Crippen LogP contribution in [0.4, 0.5) is 0 Å². The molecule has 0 saturated heterocycles. The Bertz CT molecular complexity index is 191. The van der Waals surface area contributed by atoms with E-state index in [1.165, 1.54) is 0 Å². The third kappa shape index (κ3) is 1.72. The maximum absolute atomic E-state index is 5.25. The van der Waals surface area contributed by atoms with Gasteiger partial charge in [-0.05, 0) is 0 Å². The second kappa shape index (κ2) is 4.04. The van der Waals surface area contributed by atoms with Crippen LogP contribution in [0, 0.1) is 0 Å². The third-order valence-electron chi connectivity index (χ3n) is 1.19. The van der Waals surface area contributed by atoms with Gasteiger partial charge in [-0.15, -0.1) is 11.3 Å². The van der Waals surface area contributed by atoms with Crippen molar-refractivity contribution in [3.05, 3.63) is 10.8 Å². The summed E-state index contributed by atoms with van der Waals surface area (Å²) in [5, 5.41) is 3.91. The maximum Gasteiger partial charge on any atom is 0.172 e. The van der Waals surface area contributed by atoms with Crippen molar-refractivity contribution in [3.63, 3.8) is 0 Å². The van der Waals surface area contributed by atoms with Crippen molar-refractivity contribution in [1.29, 1.82) is 0 Å². The molecule has 0 spiro atoms. The van der Waals surface area contributed by atoms with E-state index in [2.05, 4.69) is 0 Å². The van der Waals surface area contributed by atoms with Crippen molar-refractivity contribution in [2.75, 3.05) is 13.2 Å². The first-order chi connectivity index (χ1) is 4.47. The van der Waals surface area contributed by atoms with Crippen LogP contribution < -0.4 is 9.47 Å². The normalized spacial score (nSPS) is 14.0. The molecule has 4 heteroatoms. The minimum absolute atomic E-state index is 0. The zero-order chi connectivity index (χ0) is 6.10. The van der Waals surface area contributed by atoms with E-state index in [1.807, 2.05) is 10.8 Å². The van der Waals surface area contributed by atoms with E-state index in [0.717, 1.165) is 11.5 Å². The fraction of sp³-hybridized carbons (Fsp3) is 0.333. The van der Waals surface area contributed by atoms with E-state index >= 15 is 0 Å². The molecule has 2 heterocycles. The molecule has 0 amide bonds. The molecule has 0 saturated carbocycles. The molecule has 0 unspecified atom stereocenters. The zero-order valence-corrected chi connectivity index (χ0v) is 5.61. The Morgan fingerprint density at radius 3 is 2.10 bits per heavy atom. The Morgan fingerprint density at radius 2 is 1.60 bits per heavy atom. The summed E-state index contributed by atoms with van der Waals surface area (Å²) in [6, 6.07) is 0. The predicted octanol–water partition coefficient (Wildman–Crippen LogP) is 0.603. The molecule has 2 rings (SSSR count). The van der Waals surface area contributed by atoms with Gasteiger partial charge >= 0.3 is 48.9 Å². The van der Waals surface area contributed by atoms with Gasteiger partial charge < -0.3 is 9.47 Å². The first-order valence-corrected chi connectivity index (χ1v) is 3.73. The van der Waals surface area contributed by atoms with Crippen LogP contribution in [-0.4, -0.2) is 62.1 Å². The summed E-state index contributed by atoms with van der Waals surface area (Å²) in [7, 11) is 0. The Morgan fingerprint density at radius 1 is 1.10 bits per heavy atom. The van der Waals surface area contributed by atoms with Gasteiger partial charge in [0.2, 0.25) is 0 Å². The average Bonchev–Trinajstić information content (AvgIpc) is 2.33. The fourth-order valence-corrected chi connectivity index (χ4v) is 1.47. The molecular weight excluding hydrogens is 273 g/mol. The van der Waals surface area contributed by atoms with Gasteiger partial charge in [-0.2, -0.15) is 0 Å². The van der Waals surface area contributed by atoms with Crippen LogP contribution in [0.5, 0.6) is 11.5 Å². The van der Waals surface area contributed by atoms with Crippen LogP contribution in [0.1, 0.15) is 0 Å². The summed E-state index contributed by atoms with van der Waals surface area (Å²) >= 11 is 1.61. The molecule has 0 fully saturated rings. The quantitative estimate of drug-likeness (QED) is 0.649. The number of hydrogen-bond acceptors (Lipinski definition) is 3. The van der Waals surface area contributed by atoms with Crippen molar-refractivity contribution in [2.24, 2.45) is 0 Å². The summed E-state index contributed by atoms with van der Waals surface area (Å²) < 4.78 is 10.5. The molecule has 1 aliphatic heterocycles. The van der Waals surface area contributed by atoms with E-state index < -0.39 is 0 Å². The fourth-order valence-electron chi connectivity index (χ4n) is 0.787. The van der Waals surface area contributed by atoms with Gasteiger partial charge in [0.1, 0.15) is 13.2 Å². The monoisotopic (exact) mass is 282 g/mol.